The normalized spacial score (nSPS) is 26.0. The minimum Gasteiger partial charge on any atom is -0.508 e. The maximum atomic E-state index is 16.8. The van der Waals surface area contributed by atoms with Gasteiger partial charge < -0.3 is 25.0 Å². The number of aromatic nitrogens is 2. The molecular formula is C35H33F2N5O3. The fourth-order valence-corrected chi connectivity index (χ4v) is 8.50. The molecule has 2 N–H and O–H groups in total. The molecule has 4 aromatic rings. The average Bonchev–Trinajstić information content (AvgIpc) is 3.75. The van der Waals surface area contributed by atoms with E-state index in [-0.39, 0.29) is 51.3 Å². The molecular weight excluding hydrogens is 576 g/mol. The standard InChI is InChI=1S/C35H33F2N5O3/c1-3-22-26(36)10-7-19-14-21(43)16-25(29(19)22)23-8-9-24-31(30(23)37)39-34(40-32(24)42-17-20-15-27(42)33(44)38-20)45-18-35-11-4-6-28(35)41(2)13-5-12-35/h1,7-10,14,16,20,27-28,43H,4-6,11-13,15,17-18H2,2H3,(H,38,44)/t20-,27-,28+,35+/m0/s1. The number of likely N-dealkylation sites (tertiary alicyclic amines) is 1. The number of hydrogen-bond acceptors (Lipinski definition) is 7. The summed E-state index contributed by atoms with van der Waals surface area (Å²) in [5.41, 5.74) is 0.333. The zero-order valence-electron chi connectivity index (χ0n) is 24.9. The lowest BCUT2D eigenvalue weighted by Gasteiger charge is -2.44. The number of phenolic OH excluding ortho intramolecular Hbond substituents is 1. The highest BCUT2D eigenvalue weighted by molar-refractivity contribution is 6.04. The van der Waals surface area contributed by atoms with Gasteiger partial charge in [-0.15, -0.1) is 6.42 Å². The van der Waals surface area contributed by atoms with Crippen LogP contribution in [-0.4, -0.2) is 70.8 Å². The first kappa shape index (κ1) is 28.0. The van der Waals surface area contributed by atoms with Gasteiger partial charge in [0.15, 0.2) is 5.82 Å². The third-order valence-electron chi connectivity index (χ3n) is 10.5. The number of fused-ring (bicyclic) bond motifs is 5. The number of ether oxygens (including phenoxy) is 1. The van der Waals surface area contributed by atoms with Crippen molar-refractivity contribution in [3.63, 3.8) is 0 Å². The number of carbonyl (C=O) groups excluding carboxylic acids is 1. The first-order valence-corrected chi connectivity index (χ1v) is 15.6. The number of phenols is 1. The molecule has 8 nitrogen and oxygen atoms in total. The van der Waals surface area contributed by atoms with Gasteiger partial charge >= 0.3 is 6.01 Å². The van der Waals surface area contributed by atoms with Crippen LogP contribution in [0.1, 0.15) is 44.1 Å². The average molecular weight is 610 g/mol. The second-order valence-corrected chi connectivity index (χ2v) is 13.1. The predicted octanol–water partition coefficient (Wildman–Crippen LogP) is 5.14. The number of terminal acetylenes is 1. The molecule has 3 saturated heterocycles. The number of carbonyl (C=O) groups is 1. The van der Waals surface area contributed by atoms with Crippen LogP contribution >= 0.6 is 0 Å². The number of hydrogen-bond donors (Lipinski definition) is 2. The van der Waals surface area contributed by atoms with E-state index in [9.17, 15) is 14.3 Å². The monoisotopic (exact) mass is 609 g/mol. The van der Waals surface area contributed by atoms with E-state index in [1.807, 2.05) is 4.90 Å². The van der Waals surface area contributed by atoms with Crippen molar-refractivity contribution in [2.75, 3.05) is 31.6 Å². The van der Waals surface area contributed by atoms with Gasteiger partial charge in [0.1, 0.15) is 28.9 Å². The molecule has 0 unspecified atom stereocenters. The van der Waals surface area contributed by atoms with E-state index in [2.05, 4.69) is 28.2 Å². The Morgan fingerprint density at radius 1 is 1.16 bits per heavy atom. The maximum Gasteiger partial charge on any atom is 0.319 e. The Hall–Kier alpha value is -4.49. The highest BCUT2D eigenvalue weighted by Gasteiger charge is 2.48. The van der Waals surface area contributed by atoms with Crippen LogP contribution in [-0.2, 0) is 4.79 Å². The second-order valence-electron chi connectivity index (χ2n) is 13.1. The summed E-state index contributed by atoms with van der Waals surface area (Å²) >= 11 is 0. The van der Waals surface area contributed by atoms with Crippen LogP contribution in [0, 0.1) is 29.4 Å². The molecule has 4 atom stereocenters. The SMILES string of the molecule is C#Cc1c(F)ccc2cc(O)cc(-c3ccc4c(N5C[C@@H]6C[C@H]5C(=O)N6)nc(OC[C@]56CCC[C@H]5N(C)CCC6)nc4c3F)c12. The third-order valence-corrected chi connectivity index (χ3v) is 10.5. The van der Waals surface area contributed by atoms with Gasteiger partial charge in [0.05, 0.1) is 12.2 Å². The number of anilines is 1. The Morgan fingerprint density at radius 3 is 2.80 bits per heavy atom. The van der Waals surface area contributed by atoms with Crippen LogP contribution in [0.2, 0.25) is 0 Å². The first-order chi connectivity index (χ1) is 21.8. The van der Waals surface area contributed by atoms with E-state index in [1.54, 1.807) is 12.1 Å². The molecule has 3 aromatic carbocycles. The molecule has 0 spiro atoms. The van der Waals surface area contributed by atoms with Gasteiger partial charge in [0, 0.05) is 40.4 Å². The molecule has 230 valence electrons. The first-order valence-electron chi connectivity index (χ1n) is 15.6. The molecule has 0 radical (unpaired) electrons. The van der Waals surface area contributed by atoms with Crippen molar-refractivity contribution < 1.29 is 23.4 Å². The molecule has 4 fully saturated rings. The Morgan fingerprint density at radius 2 is 2.00 bits per heavy atom. The van der Waals surface area contributed by atoms with E-state index in [4.69, 9.17) is 16.1 Å². The van der Waals surface area contributed by atoms with Gasteiger partial charge in [0.2, 0.25) is 5.91 Å². The summed E-state index contributed by atoms with van der Waals surface area (Å²) in [6.45, 7) is 2.03. The highest BCUT2D eigenvalue weighted by Crippen LogP contribution is 2.48. The van der Waals surface area contributed by atoms with Gasteiger partial charge in [-0.25, -0.2) is 8.78 Å². The number of nitrogens with zero attached hydrogens (tertiary/aromatic N) is 4. The maximum absolute atomic E-state index is 16.8. The summed E-state index contributed by atoms with van der Waals surface area (Å²) in [4.78, 5) is 26.5. The lowest BCUT2D eigenvalue weighted by Crippen LogP contribution is -2.50. The minimum atomic E-state index is -0.678. The molecule has 3 aliphatic heterocycles. The van der Waals surface area contributed by atoms with Crippen molar-refractivity contribution in [2.24, 2.45) is 5.41 Å². The number of amides is 1. The largest absolute Gasteiger partial charge is 0.508 e. The van der Waals surface area contributed by atoms with Gasteiger partial charge in [-0.3, -0.25) is 4.79 Å². The highest BCUT2D eigenvalue weighted by atomic mass is 19.1. The van der Waals surface area contributed by atoms with Crippen LogP contribution in [0.5, 0.6) is 11.8 Å². The number of rotatable bonds is 5. The number of halogens is 2. The summed E-state index contributed by atoms with van der Waals surface area (Å²) in [7, 11) is 2.17. The zero-order chi connectivity index (χ0) is 31.0. The quantitative estimate of drug-likeness (QED) is 0.303. The van der Waals surface area contributed by atoms with Crippen molar-refractivity contribution in [1.82, 2.24) is 20.2 Å². The third kappa shape index (κ3) is 4.31. The molecule has 1 aromatic heterocycles. The van der Waals surface area contributed by atoms with E-state index in [1.165, 1.54) is 24.3 Å². The molecule has 45 heavy (non-hydrogen) atoms. The smallest absolute Gasteiger partial charge is 0.319 e. The van der Waals surface area contributed by atoms with Crippen molar-refractivity contribution in [3.05, 3.63) is 53.6 Å². The van der Waals surface area contributed by atoms with E-state index >= 15 is 4.39 Å². The Labute approximate surface area is 259 Å². The van der Waals surface area contributed by atoms with Crippen LogP contribution < -0.4 is 15.0 Å². The van der Waals surface area contributed by atoms with Gasteiger partial charge in [-0.2, -0.15) is 9.97 Å². The van der Waals surface area contributed by atoms with Gasteiger partial charge in [-0.05, 0) is 80.9 Å². The fraction of sp³-hybridized carbons (Fsp3) is 0.400. The summed E-state index contributed by atoms with van der Waals surface area (Å²) in [6.07, 6.45) is 11.8. The van der Waals surface area contributed by atoms with Crippen molar-refractivity contribution >= 4 is 33.4 Å². The molecule has 2 bridgehead atoms. The molecule has 1 amide bonds. The molecule has 4 aliphatic rings. The van der Waals surface area contributed by atoms with E-state index in [0.717, 1.165) is 38.6 Å². The summed E-state index contributed by atoms with van der Waals surface area (Å²) < 4.78 is 38.1. The molecule has 4 heterocycles. The fourth-order valence-electron chi connectivity index (χ4n) is 8.50. The number of benzene rings is 3. The van der Waals surface area contributed by atoms with Crippen molar-refractivity contribution in [2.45, 2.75) is 56.7 Å². The van der Waals surface area contributed by atoms with Crippen molar-refractivity contribution in [1.29, 1.82) is 0 Å². The van der Waals surface area contributed by atoms with Crippen LogP contribution in [0.15, 0.2) is 36.4 Å². The number of piperazine rings is 1. The van der Waals surface area contributed by atoms with E-state index < -0.39 is 17.7 Å². The lowest BCUT2D eigenvalue weighted by molar-refractivity contribution is -0.121. The number of aromatic hydroxyl groups is 1. The topological polar surface area (TPSA) is 90.8 Å². The van der Waals surface area contributed by atoms with Gasteiger partial charge in [-0.1, -0.05) is 24.5 Å². The molecule has 8 rings (SSSR count). The Kier molecular flexibility index (Phi) is 6.40. The minimum absolute atomic E-state index is 0.00680. The van der Waals surface area contributed by atoms with Gasteiger partial charge in [0.25, 0.3) is 0 Å². The number of nitrogens with one attached hydrogen (secondary N) is 1. The second kappa shape index (κ2) is 10.3. The zero-order valence-corrected chi connectivity index (χ0v) is 24.9. The summed E-state index contributed by atoms with van der Waals surface area (Å²) in [5.74, 6) is 1.36. The molecule has 10 heteroatoms. The molecule has 1 aliphatic carbocycles. The number of piperidine rings is 1. The lowest BCUT2D eigenvalue weighted by atomic mass is 9.76. The predicted molar refractivity (Wildman–Crippen MR) is 167 cm³/mol. The van der Waals surface area contributed by atoms with Crippen LogP contribution in [0.3, 0.4) is 0 Å². The van der Waals surface area contributed by atoms with Crippen LogP contribution in [0.25, 0.3) is 32.8 Å². The van der Waals surface area contributed by atoms with E-state index in [0.29, 0.717) is 47.6 Å². The molecule has 1 saturated carbocycles. The van der Waals surface area contributed by atoms with Crippen molar-refractivity contribution in [3.8, 4) is 35.2 Å². The summed E-state index contributed by atoms with van der Waals surface area (Å²) in [5, 5.41) is 14.8. The Bertz CT molecular complexity index is 1940. The van der Waals surface area contributed by atoms with Crippen LogP contribution in [0.4, 0.5) is 14.6 Å². The summed E-state index contributed by atoms with van der Waals surface area (Å²) in [6, 6.07) is 8.92. The Balaban J connectivity index is 1.28.